The number of hydrogen-bond acceptors (Lipinski definition) is 12. The van der Waals surface area contributed by atoms with E-state index in [1.165, 1.54) is 0 Å². The third-order valence-electron chi connectivity index (χ3n) is 9.13. The second-order valence-corrected chi connectivity index (χ2v) is 12.2. The summed E-state index contributed by atoms with van der Waals surface area (Å²) in [4.78, 5) is 24.6. The van der Waals surface area contributed by atoms with Crippen molar-refractivity contribution >= 4 is 11.8 Å². The summed E-state index contributed by atoms with van der Waals surface area (Å²) in [7, 11) is 0. The first-order chi connectivity index (χ1) is 22.0. The zero-order chi connectivity index (χ0) is 33.1. The van der Waals surface area contributed by atoms with Crippen LogP contribution < -0.4 is 10.6 Å². The van der Waals surface area contributed by atoms with Gasteiger partial charge in [-0.2, -0.15) is 0 Å². The van der Waals surface area contributed by atoms with E-state index < -0.39 is 74.5 Å². The molecule has 0 spiro atoms. The van der Waals surface area contributed by atoms with Crippen LogP contribution in [-0.4, -0.2) is 127 Å². The average molecular weight is 647 g/mol. The average Bonchev–Trinajstić information content (AvgIpc) is 4.00. The molecular weight excluding hydrogens is 604 g/mol. The summed E-state index contributed by atoms with van der Waals surface area (Å²) in [5.74, 6) is -0.760. The van der Waals surface area contributed by atoms with Crippen LogP contribution in [0.4, 0.5) is 0 Å². The van der Waals surface area contributed by atoms with Gasteiger partial charge in [-0.15, -0.1) is 0 Å². The molecular formula is C32H42N2O12. The number of carbonyl (C=O) groups is 2. The van der Waals surface area contributed by atoms with Crippen LogP contribution in [0, 0.1) is 11.8 Å². The topological polar surface area (TPSA) is 238 Å². The van der Waals surface area contributed by atoms with Crippen LogP contribution in [0.25, 0.3) is 0 Å². The zero-order valence-electron chi connectivity index (χ0n) is 24.9. The summed E-state index contributed by atoms with van der Waals surface area (Å²) in [6.07, 6.45) is -9.28. The molecule has 252 valence electrons. The van der Waals surface area contributed by atoms with Crippen LogP contribution in [-0.2, 0) is 19.1 Å². The number of aliphatic hydroxyl groups is 8. The summed E-state index contributed by atoms with van der Waals surface area (Å²) in [6, 6.07) is 17.1. The second-order valence-electron chi connectivity index (χ2n) is 12.2. The molecule has 10 N–H and O–H groups in total. The molecule has 0 bridgehead atoms. The number of rotatable bonds is 8. The molecule has 6 rings (SSSR count). The molecule has 14 atom stereocenters. The van der Waals surface area contributed by atoms with Gasteiger partial charge in [0.05, 0.1) is 13.2 Å². The normalized spacial score (nSPS) is 39.7. The molecule has 4 unspecified atom stereocenters. The summed E-state index contributed by atoms with van der Waals surface area (Å²) < 4.78 is 10.0. The maximum Gasteiger partial charge on any atom is 0.224 e. The number of carbonyl (C=O) groups excluding carboxylic acids is 2. The highest BCUT2D eigenvalue weighted by Gasteiger charge is 2.50. The van der Waals surface area contributed by atoms with Crippen LogP contribution >= 0.6 is 0 Å². The van der Waals surface area contributed by atoms with Gasteiger partial charge in [-0.1, -0.05) is 60.7 Å². The Labute approximate surface area is 265 Å². The third-order valence-corrected chi connectivity index (χ3v) is 9.13. The fraction of sp³-hybridized carbons (Fsp3) is 0.562. The minimum absolute atomic E-state index is 0.130. The standard InChI is InChI=1S/2C16H21NO6/c2*18-7-11-13(19)14(20)12(16(22)23-11)17-15(21)10-6-9(10)8-4-2-1-3-5-8/h2*1-5,9-14,16,18-20,22H,6-7H2,(H,17,21)/t9?,10?,11-,12-,13-,14-,16+;9?,10?,11-,12-,13-,14-,16-/m11/s1. The quantitative estimate of drug-likeness (QED) is 0.142. The van der Waals surface area contributed by atoms with Gasteiger partial charge in [0, 0.05) is 11.8 Å². The number of amides is 2. The molecule has 46 heavy (non-hydrogen) atoms. The highest BCUT2D eigenvalue weighted by molar-refractivity contribution is 5.83. The van der Waals surface area contributed by atoms with Gasteiger partial charge in [0.2, 0.25) is 11.8 Å². The monoisotopic (exact) mass is 646 g/mol. The van der Waals surface area contributed by atoms with E-state index in [4.69, 9.17) is 19.7 Å². The Balaban J connectivity index is 0.000000181. The van der Waals surface area contributed by atoms with E-state index in [1.807, 2.05) is 60.7 Å². The molecule has 2 heterocycles. The van der Waals surface area contributed by atoms with Crippen molar-refractivity contribution < 1.29 is 59.9 Å². The summed E-state index contributed by atoms with van der Waals surface area (Å²) in [5, 5.41) is 82.6. The Bertz CT molecular complexity index is 1210. The predicted octanol–water partition coefficient (Wildman–Crippen LogP) is -2.59. The van der Waals surface area contributed by atoms with Crippen molar-refractivity contribution in [2.24, 2.45) is 11.8 Å². The molecule has 2 amide bonds. The van der Waals surface area contributed by atoms with E-state index in [-0.39, 0.29) is 35.5 Å². The van der Waals surface area contributed by atoms with Gasteiger partial charge in [-0.05, 0) is 35.8 Å². The molecule has 14 nitrogen and oxygen atoms in total. The van der Waals surface area contributed by atoms with Crippen LogP contribution in [0.15, 0.2) is 60.7 Å². The highest BCUT2D eigenvalue weighted by Crippen LogP contribution is 2.48. The van der Waals surface area contributed by atoms with Gasteiger partial charge in [-0.25, -0.2) is 0 Å². The maximum absolute atomic E-state index is 12.3. The van der Waals surface area contributed by atoms with Crippen molar-refractivity contribution in [2.45, 2.75) is 86.0 Å². The number of nitrogens with one attached hydrogen (secondary N) is 2. The first kappa shape index (κ1) is 34.3. The minimum atomic E-state index is -1.48. The first-order valence-electron chi connectivity index (χ1n) is 15.4. The van der Waals surface area contributed by atoms with E-state index in [0.717, 1.165) is 11.1 Å². The lowest BCUT2D eigenvalue weighted by atomic mass is 9.97. The predicted molar refractivity (Wildman–Crippen MR) is 158 cm³/mol. The molecule has 2 aromatic carbocycles. The highest BCUT2D eigenvalue weighted by atomic mass is 16.6. The van der Waals surface area contributed by atoms with Gasteiger partial charge in [-0.3, -0.25) is 9.59 Å². The van der Waals surface area contributed by atoms with Crippen molar-refractivity contribution in [1.29, 1.82) is 0 Å². The van der Waals surface area contributed by atoms with Crippen LogP contribution in [0.2, 0.25) is 0 Å². The molecule has 2 aromatic rings. The smallest absolute Gasteiger partial charge is 0.224 e. The van der Waals surface area contributed by atoms with E-state index in [1.54, 1.807) is 0 Å². The zero-order valence-corrected chi connectivity index (χ0v) is 24.9. The van der Waals surface area contributed by atoms with Gasteiger partial charge >= 0.3 is 0 Å². The van der Waals surface area contributed by atoms with E-state index >= 15 is 0 Å². The van der Waals surface area contributed by atoms with Crippen LogP contribution in [0.3, 0.4) is 0 Å². The lowest BCUT2D eigenvalue weighted by molar-refractivity contribution is -0.254. The fourth-order valence-corrected chi connectivity index (χ4v) is 6.16. The summed E-state index contributed by atoms with van der Waals surface area (Å²) in [5.41, 5.74) is 2.16. The van der Waals surface area contributed by atoms with Crippen molar-refractivity contribution in [2.75, 3.05) is 13.2 Å². The molecule has 2 saturated carbocycles. The number of aliphatic hydroxyl groups excluding tert-OH is 8. The Hall–Kier alpha value is -3.02. The lowest BCUT2D eigenvalue weighted by Gasteiger charge is -2.40. The van der Waals surface area contributed by atoms with Crippen LogP contribution in [0.1, 0.15) is 35.8 Å². The Morgan fingerprint density at radius 1 is 0.587 bits per heavy atom. The van der Waals surface area contributed by atoms with Crippen LogP contribution in [0.5, 0.6) is 0 Å². The SMILES string of the molecule is O=C(N[C@@H]1[C@@H](O)[C@H](O)[C@@H](CO)O[C@@H]1O)C1CC1c1ccccc1.O=C(N[C@@H]1[C@@H](O)[C@H](O)[C@@H](CO)O[C@H]1O)C1CC1c1ccccc1. The summed E-state index contributed by atoms with van der Waals surface area (Å²) in [6.45, 7) is -1.07. The molecule has 2 aliphatic carbocycles. The van der Waals surface area contributed by atoms with E-state index in [0.29, 0.717) is 12.8 Å². The Morgan fingerprint density at radius 2 is 0.935 bits per heavy atom. The van der Waals surface area contributed by atoms with E-state index in [9.17, 15) is 40.2 Å². The van der Waals surface area contributed by atoms with Crippen molar-refractivity contribution in [3.63, 3.8) is 0 Å². The third kappa shape index (κ3) is 7.58. The molecule has 4 aliphatic rings. The van der Waals surface area contributed by atoms with Gasteiger partial charge < -0.3 is 61.0 Å². The Kier molecular flexibility index (Phi) is 11.1. The number of hydrogen-bond donors (Lipinski definition) is 10. The number of benzene rings is 2. The number of ether oxygens (including phenoxy) is 2. The molecule has 0 aromatic heterocycles. The van der Waals surface area contributed by atoms with Crippen molar-refractivity contribution in [3.8, 4) is 0 Å². The fourth-order valence-electron chi connectivity index (χ4n) is 6.16. The van der Waals surface area contributed by atoms with Gasteiger partial charge in [0.1, 0.15) is 48.7 Å². The first-order valence-corrected chi connectivity index (χ1v) is 15.4. The minimum Gasteiger partial charge on any atom is -0.394 e. The largest absolute Gasteiger partial charge is 0.394 e. The summed E-state index contributed by atoms with van der Waals surface area (Å²) >= 11 is 0. The Morgan fingerprint density at radius 3 is 1.26 bits per heavy atom. The van der Waals surface area contributed by atoms with Gasteiger partial charge in [0.15, 0.2) is 12.6 Å². The molecule has 2 saturated heterocycles. The molecule has 0 radical (unpaired) electrons. The van der Waals surface area contributed by atoms with Gasteiger partial charge in [0.25, 0.3) is 0 Å². The molecule has 4 fully saturated rings. The molecule has 14 heteroatoms. The maximum atomic E-state index is 12.3. The van der Waals surface area contributed by atoms with Crippen molar-refractivity contribution in [1.82, 2.24) is 10.6 Å². The lowest BCUT2D eigenvalue weighted by Crippen LogP contribution is -2.64. The van der Waals surface area contributed by atoms with Crippen molar-refractivity contribution in [3.05, 3.63) is 71.8 Å². The second kappa shape index (κ2) is 14.8. The van der Waals surface area contributed by atoms with E-state index in [2.05, 4.69) is 10.6 Å². The molecule has 2 aliphatic heterocycles.